The van der Waals surface area contributed by atoms with E-state index in [1.807, 2.05) is 71.6 Å². The van der Waals surface area contributed by atoms with Gasteiger partial charge in [0.1, 0.15) is 12.4 Å². The highest BCUT2D eigenvalue weighted by Crippen LogP contribution is 2.26. The van der Waals surface area contributed by atoms with Crippen molar-refractivity contribution >= 4 is 17.7 Å². The Morgan fingerprint density at radius 1 is 1.14 bits per heavy atom. The molecule has 1 aromatic heterocycles. The Bertz CT molecular complexity index is 791. The second-order valence-electron chi connectivity index (χ2n) is 7.47. The number of benzene rings is 1. The van der Waals surface area contributed by atoms with Gasteiger partial charge in [-0.15, -0.1) is 10.2 Å². The highest BCUT2D eigenvalue weighted by Gasteiger charge is 2.27. The Balaban J connectivity index is 2.07. The fourth-order valence-corrected chi connectivity index (χ4v) is 4.02. The Morgan fingerprint density at radius 3 is 2.25 bits per heavy atom. The van der Waals surface area contributed by atoms with Gasteiger partial charge in [-0.25, -0.2) is 4.68 Å². The molecule has 1 atom stereocenters. The number of amides is 1. The molecule has 0 fully saturated rings. The van der Waals surface area contributed by atoms with Crippen LogP contribution < -0.4 is 10.6 Å². The molecule has 0 aliphatic carbocycles. The quantitative estimate of drug-likeness (QED) is 0.536. The van der Waals surface area contributed by atoms with E-state index in [0.717, 1.165) is 16.9 Å². The van der Waals surface area contributed by atoms with Gasteiger partial charge in [0.05, 0.1) is 5.25 Å². The van der Waals surface area contributed by atoms with Crippen molar-refractivity contribution in [3.05, 3.63) is 35.2 Å². The monoisotopic (exact) mass is 405 g/mol. The standard InChI is InChI=1S/C20H31N5O2S/c1-12(2)24(13(3)4)19(26)16(7)28-20-23-22-17(25(20)21)11-27-18-14(5)9-8-10-15(18)6/h8-10,12-13,16H,11,21H2,1-7H3. The molecule has 0 saturated heterocycles. The second-order valence-corrected chi connectivity index (χ2v) is 8.78. The van der Waals surface area contributed by atoms with Gasteiger partial charge >= 0.3 is 0 Å². The van der Waals surface area contributed by atoms with Crippen LogP contribution in [0.5, 0.6) is 5.75 Å². The zero-order chi connectivity index (χ0) is 21.0. The fourth-order valence-electron chi connectivity index (χ4n) is 3.17. The number of aromatic nitrogens is 3. The van der Waals surface area contributed by atoms with Crippen LogP contribution in [0.25, 0.3) is 0 Å². The number of thioether (sulfide) groups is 1. The van der Waals surface area contributed by atoms with Crippen LogP contribution >= 0.6 is 11.8 Å². The summed E-state index contributed by atoms with van der Waals surface area (Å²) in [6.45, 7) is 14.1. The Hall–Kier alpha value is -2.22. The number of carbonyl (C=O) groups excluding carboxylic acids is 1. The molecular weight excluding hydrogens is 374 g/mol. The van der Waals surface area contributed by atoms with Crippen molar-refractivity contribution in [1.29, 1.82) is 0 Å². The molecule has 2 N–H and O–H groups in total. The molecule has 154 valence electrons. The van der Waals surface area contributed by atoms with Crippen molar-refractivity contribution in [2.45, 2.75) is 77.6 Å². The summed E-state index contributed by atoms with van der Waals surface area (Å²) >= 11 is 1.31. The minimum atomic E-state index is -0.316. The first-order valence-electron chi connectivity index (χ1n) is 9.50. The normalized spacial score (nSPS) is 12.5. The number of hydrogen-bond donors (Lipinski definition) is 1. The zero-order valence-electron chi connectivity index (χ0n) is 17.8. The summed E-state index contributed by atoms with van der Waals surface area (Å²) in [5, 5.41) is 8.46. The van der Waals surface area contributed by atoms with Gasteiger partial charge in [0.2, 0.25) is 11.1 Å². The molecule has 0 spiro atoms. The Morgan fingerprint density at radius 2 is 1.71 bits per heavy atom. The first kappa shape index (κ1) is 22.1. The van der Waals surface area contributed by atoms with Gasteiger partial charge in [-0.2, -0.15) is 0 Å². The topological polar surface area (TPSA) is 86.3 Å². The summed E-state index contributed by atoms with van der Waals surface area (Å²) in [6, 6.07) is 6.26. The van der Waals surface area contributed by atoms with E-state index in [-0.39, 0.29) is 29.8 Å². The highest BCUT2D eigenvalue weighted by atomic mass is 32.2. The summed E-state index contributed by atoms with van der Waals surface area (Å²) in [5.41, 5.74) is 2.11. The lowest BCUT2D eigenvalue weighted by Gasteiger charge is -2.32. The van der Waals surface area contributed by atoms with Crippen LogP contribution in [0.3, 0.4) is 0 Å². The molecule has 7 nitrogen and oxygen atoms in total. The largest absolute Gasteiger partial charge is 0.485 e. The van der Waals surface area contributed by atoms with Crippen molar-refractivity contribution in [3.63, 3.8) is 0 Å². The average Bonchev–Trinajstić information content (AvgIpc) is 2.94. The van der Waals surface area contributed by atoms with Gasteiger partial charge in [0.25, 0.3) is 0 Å². The fraction of sp³-hybridized carbons (Fsp3) is 0.550. The number of nitrogens with zero attached hydrogens (tertiary/aromatic N) is 4. The Labute approximate surface area is 171 Å². The summed E-state index contributed by atoms with van der Waals surface area (Å²) in [7, 11) is 0. The van der Waals surface area contributed by atoms with Gasteiger partial charge in [-0.1, -0.05) is 30.0 Å². The number of nitrogens with two attached hydrogens (primary N) is 1. The Kier molecular flexibility index (Phi) is 7.35. The van der Waals surface area contributed by atoms with E-state index in [0.29, 0.717) is 11.0 Å². The number of nitrogen functional groups attached to an aromatic ring is 1. The molecule has 1 heterocycles. The smallest absolute Gasteiger partial charge is 0.236 e. The predicted octanol–water partition coefficient (Wildman–Crippen LogP) is 3.31. The minimum absolute atomic E-state index is 0.0614. The first-order valence-corrected chi connectivity index (χ1v) is 10.4. The van der Waals surface area contributed by atoms with Crippen molar-refractivity contribution < 1.29 is 9.53 Å². The van der Waals surface area contributed by atoms with Crippen molar-refractivity contribution in [1.82, 2.24) is 19.8 Å². The molecule has 2 aromatic rings. The van der Waals surface area contributed by atoms with E-state index in [1.165, 1.54) is 16.4 Å². The first-order chi connectivity index (χ1) is 13.1. The van der Waals surface area contributed by atoms with E-state index in [1.54, 1.807) is 0 Å². The lowest BCUT2D eigenvalue weighted by Crippen LogP contribution is -2.45. The lowest BCUT2D eigenvalue weighted by atomic mass is 10.1. The number of ether oxygens (including phenoxy) is 1. The van der Waals surface area contributed by atoms with Crippen LogP contribution in [-0.2, 0) is 11.4 Å². The van der Waals surface area contributed by atoms with Crippen molar-refractivity contribution in [2.75, 3.05) is 5.84 Å². The van der Waals surface area contributed by atoms with E-state index >= 15 is 0 Å². The number of hydrogen-bond acceptors (Lipinski definition) is 6. The number of carbonyl (C=O) groups is 1. The predicted molar refractivity (Wildman–Crippen MR) is 113 cm³/mol. The molecule has 1 amide bonds. The summed E-state index contributed by atoms with van der Waals surface area (Å²) in [5.74, 6) is 7.55. The maximum Gasteiger partial charge on any atom is 0.236 e. The van der Waals surface area contributed by atoms with E-state index in [9.17, 15) is 4.79 Å². The molecule has 1 unspecified atom stereocenters. The average molecular weight is 406 g/mol. The van der Waals surface area contributed by atoms with Gasteiger partial charge < -0.3 is 15.5 Å². The number of para-hydroxylation sites is 1. The third-order valence-corrected chi connectivity index (χ3v) is 5.53. The molecule has 0 saturated carbocycles. The van der Waals surface area contributed by atoms with Crippen molar-refractivity contribution in [3.8, 4) is 5.75 Å². The molecule has 28 heavy (non-hydrogen) atoms. The van der Waals surface area contributed by atoms with Crippen LogP contribution in [0, 0.1) is 13.8 Å². The van der Waals surface area contributed by atoms with Crippen LogP contribution in [0.4, 0.5) is 0 Å². The molecule has 0 aliphatic heterocycles. The molecular formula is C20H31N5O2S. The van der Waals surface area contributed by atoms with Gasteiger partial charge in [-0.3, -0.25) is 4.79 Å². The maximum absolute atomic E-state index is 12.8. The molecule has 0 radical (unpaired) electrons. The molecule has 2 rings (SSSR count). The maximum atomic E-state index is 12.8. The van der Waals surface area contributed by atoms with Crippen LogP contribution in [0.15, 0.2) is 23.4 Å². The van der Waals surface area contributed by atoms with E-state index in [2.05, 4.69) is 10.2 Å². The molecule has 0 bridgehead atoms. The second kappa shape index (κ2) is 9.32. The third-order valence-electron chi connectivity index (χ3n) is 4.49. The summed E-state index contributed by atoms with van der Waals surface area (Å²) in [4.78, 5) is 14.7. The number of rotatable bonds is 8. The minimum Gasteiger partial charge on any atom is -0.485 e. The van der Waals surface area contributed by atoms with Gasteiger partial charge in [-0.05, 0) is 59.6 Å². The van der Waals surface area contributed by atoms with Gasteiger partial charge in [0, 0.05) is 12.1 Å². The third kappa shape index (κ3) is 4.98. The lowest BCUT2D eigenvalue weighted by molar-refractivity contribution is -0.133. The van der Waals surface area contributed by atoms with Crippen LogP contribution in [0.1, 0.15) is 51.6 Å². The molecule has 0 aliphatic rings. The summed E-state index contributed by atoms with van der Waals surface area (Å²) < 4.78 is 7.31. The van der Waals surface area contributed by atoms with Crippen LogP contribution in [-0.4, -0.2) is 43.0 Å². The van der Waals surface area contributed by atoms with Gasteiger partial charge in [0.15, 0.2) is 5.82 Å². The SMILES string of the molecule is Cc1cccc(C)c1OCc1nnc(SC(C)C(=O)N(C(C)C)C(C)C)n1N. The summed E-state index contributed by atoms with van der Waals surface area (Å²) in [6.07, 6.45) is 0. The van der Waals surface area contributed by atoms with E-state index < -0.39 is 0 Å². The number of aryl methyl sites for hydroxylation is 2. The van der Waals surface area contributed by atoms with Crippen LogP contribution in [0.2, 0.25) is 0 Å². The molecule has 1 aromatic carbocycles. The zero-order valence-corrected chi connectivity index (χ0v) is 18.6. The van der Waals surface area contributed by atoms with Crippen molar-refractivity contribution in [2.24, 2.45) is 0 Å². The molecule has 8 heteroatoms. The highest BCUT2D eigenvalue weighted by molar-refractivity contribution is 8.00. The van der Waals surface area contributed by atoms with E-state index in [4.69, 9.17) is 10.6 Å².